The molecule has 2 rings (SSSR count). The van der Waals surface area contributed by atoms with Gasteiger partial charge in [0.25, 0.3) is 0 Å². The fourth-order valence-electron chi connectivity index (χ4n) is 2.75. The number of benzene rings is 1. The van der Waals surface area contributed by atoms with Crippen LogP contribution in [0.5, 0.6) is 0 Å². The first kappa shape index (κ1) is 15.6. The van der Waals surface area contributed by atoms with Gasteiger partial charge >= 0.3 is 6.09 Å². The highest BCUT2D eigenvalue weighted by Gasteiger charge is 2.49. The van der Waals surface area contributed by atoms with Crippen LogP contribution in [-0.4, -0.2) is 29.3 Å². The Hall–Kier alpha value is -0.820. The second kappa shape index (κ2) is 6.30. The second-order valence-corrected chi connectivity index (χ2v) is 6.26. The number of ether oxygens (including phenoxy) is 1. The third kappa shape index (κ3) is 2.79. The molecule has 1 unspecified atom stereocenters. The van der Waals surface area contributed by atoms with Gasteiger partial charge in [0.2, 0.25) is 0 Å². The summed E-state index contributed by atoms with van der Waals surface area (Å²) in [6.45, 7) is 2.05. The normalized spacial score (nSPS) is 17.6. The lowest BCUT2D eigenvalue weighted by molar-refractivity contribution is -0.138. The molecule has 4 nitrogen and oxygen atoms in total. The molecule has 1 saturated carbocycles. The molecule has 1 aliphatic carbocycles. The molecule has 5 heteroatoms. The van der Waals surface area contributed by atoms with Crippen LogP contribution in [0.3, 0.4) is 0 Å². The van der Waals surface area contributed by atoms with E-state index in [-0.39, 0.29) is 6.04 Å². The van der Waals surface area contributed by atoms with E-state index in [1.807, 2.05) is 24.3 Å². The summed E-state index contributed by atoms with van der Waals surface area (Å²) >= 11 is 2.25. The molecule has 110 valence electrons. The van der Waals surface area contributed by atoms with E-state index in [2.05, 4.69) is 29.5 Å². The van der Waals surface area contributed by atoms with Crippen molar-refractivity contribution in [2.75, 3.05) is 7.11 Å². The fraction of sp³-hybridized carbons (Fsp3) is 0.533. The van der Waals surface area contributed by atoms with Crippen molar-refractivity contribution in [3.05, 3.63) is 33.4 Å². The molecule has 1 amide bonds. The van der Waals surface area contributed by atoms with Gasteiger partial charge in [-0.05, 0) is 47.9 Å². The standard InChI is InChI=1S/C15H20INO3/c1-3-10-15(20-2,12-6-4-5-7-13(12)16)17(14(18)19)11-8-9-11/h4-7,11H,3,8-10H2,1-2H3,(H,18,19). The molecule has 0 saturated heterocycles. The lowest BCUT2D eigenvalue weighted by atomic mass is 9.95. The summed E-state index contributed by atoms with van der Waals surface area (Å²) in [5.41, 5.74) is 0.0683. The molecule has 0 aliphatic heterocycles. The third-order valence-corrected chi connectivity index (χ3v) is 4.67. The number of nitrogens with zero attached hydrogens (tertiary/aromatic N) is 1. The van der Waals surface area contributed by atoms with Gasteiger partial charge in [0.15, 0.2) is 5.72 Å². The Labute approximate surface area is 133 Å². The van der Waals surface area contributed by atoms with Gasteiger partial charge in [-0.2, -0.15) is 0 Å². The van der Waals surface area contributed by atoms with Crippen LogP contribution in [0.25, 0.3) is 0 Å². The highest BCUT2D eigenvalue weighted by atomic mass is 127. The predicted molar refractivity (Wildman–Crippen MR) is 85.6 cm³/mol. The van der Waals surface area contributed by atoms with Crippen molar-refractivity contribution in [1.82, 2.24) is 4.90 Å². The van der Waals surface area contributed by atoms with Gasteiger partial charge in [0, 0.05) is 22.3 Å². The SMILES string of the molecule is CCCC(OC)(c1ccccc1I)N(C(=O)O)C1CC1. The van der Waals surface area contributed by atoms with Crippen LogP contribution >= 0.6 is 22.6 Å². The van der Waals surface area contributed by atoms with Crippen molar-refractivity contribution < 1.29 is 14.6 Å². The molecule has 1 N–H and O–H groups in total. The lowest BCUT2D eigenvalue weighted by Gasteiger charge is -2.42. The summed E-state index contributed by atoms with van der Waals surface area (Å²) < 4.78 is 6.84. The number of halogens is 1. The smallest absolute Gasteiger partial charge is 0.410 e. The van der Waals surface area contributed by atoms with Crippen LogP contribution in [0, 0.1) is 3.57 Å². The van der Waals surface area contributed by atoms with Crippen molar-refractivity contribution in [3.63, 3.8) is 0 Å². The van der Waals surface area contributed by atoms with Crippen molar-refractivity contribution in [2.24, 2.45) is 0 Å². The summed E-state index contributed by atoms with van der Waals surface area (Å²) in [7, 11) is 1.61. The molecule has 1 aromatic rings. The zero-order valence-corrected chi connectivity index (χ0v) is 14.0. The van der Waals surface area contributed by atoms with Crippen LogP contribution in [0.2, 0.25) is 0 Å². The summed E-state index contributed by atoms with van der Waals surface area (Å²) in [6, 6.07) is 7.94. The van der Waals surface area contributed by atoms with Crippen LogP contribution in [0.1, 0.15) is 38.2 Å². The van der Waals surface area contributed by atoms with Gasteiger partial charge in [-0.15, -0.1) is 0 Å². The average molecular weight is 389 g/mol. The number of carboxylic acid groups (broad SMARTS) is 1. The first-order valence-corrected chi connectivity index (χ1v) is 7.97. The topological polar surface area (TPSA) is 49.8 Å². The molecule has 0 bridgehead atoms. The molecule has 0 heterocycles. The largest absolute Gasteiger partial charge is 0.465 e. The van der Waals surface area contributed by atoms with Crippen molar-refractivity contribution >= 4 is 28.7 Å². The second-order valence-electron chi connectivity index (χ2n) is 5.10. The van der Waals surface area contributed by atoms with E-state index in [1.165, 1.54) is 4.90 Å². The maximum absolute atomic E-state index is 11.8. The van der Waals surface area contributed by atoms with E-state index < -0.39 is 11.8 Å². The first-order chi connectivity index (χ1) is 9.56. The third-order valence-electron chi connectivity index (χ3n) is 3.73. The minimum Gasteiger partial charge on any atom is -0.465 e. The van der Waals surface area contributed by atoms with Crippen LogP contribution in [0.15, 0.2) is 24.3 Å². The maximum Gasteiger partial charge on any atom is 0.410 e. The number of rotatable bonds is 6. The monoisotopic (exact) mass is 389 g/mol. The molecule has 1 atom stereocenters. The predicted octanol–water partition coefficient (Wildman–Crippen LogP) is 4.03. The van der Waals surface area contributed by atoms with E-state index >= 15 is 0 Å². The Bertz CT molecular complexity index is 490. The molecule has 1 aliphatic rings. The van der Waals surface area contributed by atoms with E-state index in [0.29, 0.717) is 6.42 Å². The van der Waals surface area contributed by atoms with Crippen LogP contribution in [-0.2, 0) is 10.5 Å². The minimum atomic E-state index is -0.901. The molecular formula is C15H20INO3. The first-order valence-electron chi connectivity index (χ1n) is 6.89. The zero-order chi connectivity index (χ0) is 14.8. The van der Waals surface area contributed by atoms with E-state index in [1.54, 1.807) is 7.11 Å². The van der Waals surface area contributed by atoms with Crippen LogP contribution in [0.4, 0.5) is 4.79 Å². The maximum atomic E-state index is 11.8. The van der Waals surface area contributed by atoms with Gasteiger partial charge in [-0.3, -0.25) is 4.90 Å². The van der Waals surface area contributed by atoms with E-state index in [0.717, 1.165) is 28.4 Å². The Balaban J connectivity index is 2.54. The molecule has 1 fully saturated rings. The molecule has 0 spiro atoms. The number of hydrogen-bond acceptors (Lipinski definition) is 2. The summed E-state index contributed by atoms with van der Waals surface area (Å²) in [4.78, 5) is 13.3. The van der Waals surface area contributed by atoms with Gasteiger partial charge in [0.05, 0.1) is 0 Å². The van der Waals surface area contributed by atoms with Gasteiger partial charge < -0.3 is 9.84 Å². The van der Waals surface area contributed by atoms with Gasteiger partial charge in [0.1, 0.15) is 0 Å². The lowest BCUT2D eigenvalue weighted by Crippen LogP contribution is -2.52. The fourth-order valence-corrected chi connectivity index (χ4v) is 3.56. The van der Waals surface area contributed by atoms with Crippen molar-refractivity contribution in [1.29, 1.82) is 0 Å². The Morgan fingerprint density at radius 3 is 2.60 bits per heavy atom. The average Bonchev–Trinajstić information content (AvgIpc) is 3.22. The highest BCUT2D eigenvalue weighted by Crippen LogP contribution is 2.43. The minimum absolute atomic E-state index is 0.0787. The highest BCUT2D eigenvalue weighted by molar-refractivity contribution is 14.1. The van der Waals surface area contributed by atoms with Crippen molar-refractivity contribution in [2.45, 2.75) is 44.4 Å². The Morgan fingerprint density at radius 1 is 1.50 bits per heavy atom. The molecule has 0 aromatic heterocycles. The van der Waals surface area contributed by atoms with Gasteiger partial charge in [-0.1, -0.05) is 31.5 Å². The quantitative estimate of drug-likeness (QED) is 0.591. The Kier molecular flexibility index (Phi) is 4.90. The molecule has 20 heavy (non-hydrogen) atoms. The zero-order valence-electron chi connectivity index (χ0n) is 11.8. The summed E-state index contributed by atoms with van der Waals surface area (Å²) in [5.74, 6) is 0. The summed E-state index contributed by atoms with van der Waals surface area (Å²) in [5, 5.41) is 9.67. The number of hydrogen-bond donors (Lipinski definition) is 1. The summed E-state index contributed by atoms with van der Waals surface area (Å²) in [6.07, 6.45) is 2.46. The Morgan fingerprint density at radius 2 is 2.15 bits per heavy atom. The van der Waals surface area contributed by atoms with E-state index in [9.17, 15) is 9.90 Å². The van der Waals surface area contributed by atoms with E-state index in [4.69, 9.17) is 4.74 Å². The van der Waals surface area contributed by atoms with Crippen LogP contribution < -0.4 is 0 Å². The number of methoxy groups -OCH3 is 1. The van der Waals surface area contributed by atoms with Crippen molar-refractivity contribution in [3.8, 4) is 0 Å². The number of carbonyl (C=O) groups is 1. The number of amides is 1. The molecular weight excluding hydrogens is 369 g/mol. The van der Waals surface area contributed by atoms with Gasteiger partial charge in [-0.25, -0.2) is 4.79 Å². The molecule has 0 radical (unpaired) electrons. The molecule has 1 aromatic carbocycles.